The molecule has 7 heteroatoms. The SMILES string of the molecule is O=C1NCCCCCCN(Cc2ccncc2)[C@@H]2CN(Cc3ccncc3F)CC[C@H]12. The molecule has 2 fully saturated rings. The minimum Gasteiger partial charge on any atom is -0.356 e. The number of rotatable bonds is 4. The standard InChI is InChI=1S/C24H32FN5O/c25-22-15-27-12-7-20(22)17-29-14-8-21-23(18-29)30(16-19-5-10-26-11-6-19)13-4-2-1-3-9-28-24(21)31/h5-7,10-12,15,21,23H,1-4,8-9,13-14,16-18H2,(H,28,31)/t21-,23+/m0/s1. The third-order valence-electron chi connectivity index (χ3n) is 6.53. The molecule has 2 aromatic rings. The minimum absolute atomic E-state index is 0.0431. The summed E-state index contributed by atoms with van der Waals surface area (Å²) in [5.41, 5.74) is 1.87. The Kier molecular flexibility index (Phi) is 7.59. The second-order valence-electron chi connectivity index (χ2n) is 8.70. The summed E-state index contributed by atoms with van der Waals surface area (Å²) in [4.78, 5) is 25.8. The highest BCUT2D eigenvalue weighted by molar-refractivity contribution is 5.79. The molecule has 0 spiro atoms. The van der Waals surface area contributed by atoms with Crippen LogP contribution in [0, 0.1) is 11.7 Å². The van der Waals surface area contributed by atoms with Gasteiger partial charge in [0.25, 0.3) is 0 Å². The highest BCUT2D eigenvalue weighted by Gasteiger charge is 2.37. The Morgan fingerprint density at radius 2 is 1.81 bits per heavy atom. The van der Waals surface area contributed by atoms with E-state index in [1.807, 2.05) is 24.5 Å². The third-order valence-corrected chi connectivity index (χ3v) is 6.53. The second-order valence-corrected chi connectivity index (χ2v) is 8.70. The number of amides is 1. The highest BCUT2D eigenvalue weighted by Crippen LogP contribution is 2.27. The monoisotopic (exact) mass is 425 g/mol. The number of halogens is 1. The van der Waals surface area contributed by atoms with Crippen LogP contribution in [0.2, 0.25) is 0 Å². The molecule has 0 aliphatic carbocycles. The summed E-state index contributed by atoms with van der Waals surface area (Å²) in [7, 11) is 0. The van der Waals surface area contributed by atoms with Crippen molar-refractivity contribution in [1.29, 1.82) is 0 Å². The van der Waals surface area contributed by atoms with Crippen LogP contribution in [0.3, 0.4) is 0 Å². The van der Waals surface area contributed by atoms with Gasteiger partial charge in [-0.2, -0.15) is 0 Å². The van der Waals surface area contributed by atoms with Crippen LogP contribution >= 0.6 is 0 Å². The van der Waals surface area contributed by atoms with Crippen molar-refractivity contribution < 1.29 is 9.18 Å². The normalized spacial score (nSPS) is 24.1. The quantitative estimate of drug-likeness (QED) is 0.816. The smallest absolute Gasteiger partial charge is 0.224 e. The van der Waals surface area contributed by atoms with Gasteiger partial charge in [-0.1, -0.05) is 12.8 Å². The first kappa shape index (κ1) is 21.8. The summed E-state index contributed by atoms with van der Waals surface area (Å²) < 4.78 is 14.2. The molecule has 0 radical (unpaired) electrons. The Morgan fingerprint density at radius 1 is 1.00 bits per heavy atom. The number of pyridine rings is 2. The summed E-state index contributed by atoms with van der Waals surface area (Å²) in [6.07, 6.45) is 11.8. The Balaban J connectivity index is 1.56. The molecule has 0 bridgehead atoms. The molecule has 4 rings (SSSR count). The van der Waals surface area contributed by atoms with Crippen molar-refractivity contribution in [2.24, 2.45) is 5.92 Å². The van der Waals surface area contributed by atoms with Gasteiger partial charge in [-0.3, -0.25) is 24.6 Å². The van der Waals surface area contributed by atoms with Crippen LogP contribution in [-0.4, -0.2) is 57.9 Å². The summed E-state index contributed by atoms with van der Waals surface area (Å²) in [5, 5.41) is 3.17. The maximum atomic E-state index is 14.2. The maximum absolute atomic E-state index is 14.2. The molecular formula is C24H32FN5O. The molecular weight excluding hydrogens is 393 g/mol. The molecule has 2 aliphatic heterocycles. The minimum atomic E-state index is -0.265. The topological polar surface area (TPSA) is 61.4 Å². The van der Waals surface area contributed by atoms with Gasteiger partial charge in [0, 0.05) is 56.4 Å². The van der Waals surface area contributed by atoms with Gasteiger partial charge in [-0.05, 0) is 56.1 Å². The summed E-state index contributed by atoms with van der Waals surface area (Å²) in [6, 6.07) is 5.95. The highest BCUT2D eigenvalue weighted by atomic mass is 19.1. The molecule has 4 heterocycles. The van der Waals surface area contributed by atoms with E-state index < -0.39 is 0 Å². The largest absolute Gasteiger partial charge is 0.356 e. The van der Waals surface area contributed by atoms with Gasteiger partial charge in [-0.25, -0.2) is 4.39 Å². The van der Waals surface area contributed by atoms with Crippen LogP contribution in [0.5, 0.6) is 0 Å². The number of carbonyl (C=O) groups is 1. The van der Waals surface area contributed by atoms with Crippen molar-refractivity contribution in [1.82, 2.24) is 25.1 Å². The van der Waals surface area contributed by atoms with Gasteiger partial charge < -0.3 is 5.32 Å². The van der Waals surface area contributed by atoms with Crippen LogP contribution in [0.15, 0.2) is 43.0 Å². The number of piperidine rings is 1. The van der Waals surface area contributed by atoms with Crippen LogP contribution in [-0.2, 0) is 17.9 Å². The van der Waals surface area contributed by atoms with Crippen molar-refractivity contribution in [3.05, 3.63) is 59.9 Å². The molecule has 1 N–H and O–H groups in total. The fourth-order valence-electron chi connectivity index (χ4n) is 4.81. The first-order chi connectivity index (χ1) is 15.2. The van der Waals surface area contributed by atoms with E-state index >= 15 is 0 Å². The predicted octanol–water partition coefficient (Wildman–Crippen LogP) is 3.00. The van der Waals surface area contributed by atoms with Gasteiger partial charge >= 0.3 is 0 Å². The zero-order valence-electron chi connectivity index (χ0n) is 18.0. The van der Waals surface area contributed by atoms with Crippen LogP contribution in [0.4, 0.5) is 4.39 Å². The lowest BCUT2D eigenvalue weighted by atomic mass is 9.88. The Hall–Kier alpha value is -2.38. The number of hydrogen-bond donors (Lipinski definition) is 1. The summed E-state index contributed by atoms with van der Waals surface area (Å²) >= 11 is 0. The van der Waals surface area contributed by atoms with E-state index in [4.69, 9.17) is 0 Å². The number of hydrogen-bond acceptors (Lipinski definition) is 5. The van der Waals surface area contributed by atoms with Crippen molar-refractivity contribution >= 4 is 5.91 Å². The van der Waals surface area contributed by atoms with E-state index in [0.29, 0.717) is 12.1 Å². The van der Waals surface area contributed by atoms with E-state index in [1.165, 1.54) is 18.2 Å². The molecule has 2 atom stereocenters. The molecule has 6 nitrogen and oxygen atoms in total. The van der Waals surface area contributed by atoms with Gasteiger partial charge in [0.15, 0.2) is 0 Å². The molecule has 166 valence electrons. The summed E-state index contributed by atoms with van der Waals surface area (Å²) in [6.45, 7) is 4.62. The van der Waals surface area contributed by atoms with Crippen molar-refractivity contribution in [2.75, 3.05) is 26.2 Å². The number of nitrogens with one attached hydrogen (secondary N) is 1. The average Bonchev–Trinajstić information content (AvgIpc) is 2.82. The Labute approximate surface area is 183 Å². The van der Waals surface area contributed by atoms with Crippen LogP contribution < -0.4 is 5.32 Å². The summed E-state index contributed by atoms with van der Waals surface area (Å²) in [5.74, 6) is -0.140. The molecule has 0 unspecified atom stereocenters. The molecule has 0 saturated carbocycles. The van der Waals surface area contributed by atoms with Gasteiger partial charge in [0.05, 0.1) is 12.1 Å². The van der Waals surface area contributed by atoms with Crippen LogP contribution in [0.1, 0.15) is 43.2 Å². The molecule has 0 aromatic carbocycles. The average molecular weight is 426 g/mol. The van der Waals surface area contributed by atoms with E-state index in [-0.39, 0.29) is 23.7 Å². The van der Waals surface area contributed by atoms with Crippen LogP contribution in [0.25, 0.3) is 0 Å². The number of aromatic nitrogens is 2. The zero-order chi connectivity index (χ0) is 21.5. The molecule has 2 aliphatic rings. The number of fused-ring (bicyclic) bond motifs is 1. The first-order valence-electron chi connectivity index (χ1n) is 11.4. The lowest BCUT2D eigenvalue weighted by Gasteiger charge is -2.43. The van der Waals surface area contributed by atoms with Crippen molar-refractivity contribution in [3.63, 3.8) is 0 Å². The lowest BCUT2D eigenvalue weighted by molar-refractivity contribution is -0.129. The Bertz CT molecular complexity index is 849. The van der Waals surface area contributed by atoms with Gasteiger partial charge in [0.2, 0.25) is 5.91 Å². The molecule has 31 heavy (non-hydrogen) atoms. The molecule has 2 aromatic heterocycles. The molecule has 2 saturated heterocycles. The Morgan fingerprint density at radius 3 is 2.65 bits per heavy atom. The maximum Gasteiger partial charge on any atom is 0.224 e. The lowest BCUT2D eigenvalue weighted by Crippen LogP contribution is -2.56. The predicted molar refractivity (Wildman–Crippen MR) is 117 cm³/mol. The first-order valence-corrected chi connectivity index (χ1v) is 11.4. The van der Waals surface area contributed by atoms with E-state index in [1.54, 1.807) is 12.3 Å². The number of carbonyl (C=O) groups excluding carboxylic acids is 1. The fraction of sp³-hybridized carbons (Fsp3) is 0.542. The van der Waals surface area contributed by atoms with Gasteiger partial charge in [0.1, 0.15) is 5.82 Å². The zero-order valence-corrected chi connectivity index (χ0v) is 18.0. The second kappa shape index (κ2) is 10.8. The third kappa shape index (κ3) is 5.86. The van der Waals surface area contributed by atoms with E-state index in [9.17, 15) is 9.18 Å². The van der Waals surface area contributed by atoms with Crippen molar-refractivity contribution in [3.8, 4) is 0 Å². The van der Waals surface area contributed by atoms with Gasteiger partial charge in [-0.15, -0.1) is 0 Å². The van der Waals surface area contributed by atoms with Crippen molar-refractivity contribution in [2.45, 2.75) is 51.2 Å². The van der Waals surface area contributed by atoms with E-state index in [0.717, 1.165) is 58.4 Å². The van der Waals surface area contributed by atoms with E-state index in [2.05, 4.69) is 25.1 Å². The fourth-order valence-corrected chi connectivity index (χ4v) is 4.81. The molecule has 1 amide bonds. The number of likely N-dealkylation sites (tertiary alicyclic amines) is 1. The number of nitrogens with zero attached hydrogens (tertiary/aromatic N) is 4.